The summed E-state index contributed by atoms with van der Waals surface area (Å²) in [6.45, 7) is 13.8. The average molecular weight is 722 g/mol. The SMILES string of the molecule is Cc1ccc(S(=O)(=O)OC2CC[C@@]3(C)C(=CCC4C5CC6O[C@]7(CCC(C)CN7S(=O)(=O)c7ccc(C)cc7)[C@@H](C)C6[C@@]5(C)CCC43)C2)cc1. The number of allylic oxidation sites excluding steroid dienone is 1. The fourth-order valence-electron chi connectivity index (χ4n) is 12.2. The fraction of sp³-hybridized carbons (Fsp3) is 0.659. The van der Waals surface area contributed by atoms with Crippen LogP contribution < -0.4 is 0 Å². The summed E-state index contributed by atoms with van der Waals surface area (Å²) in [5.41, 5.74) is 2.77. The van der Waals surface area contributed by atoms with Crippen LogP contribution in [0.5, 0.6) is 0 Å². The van der Waals surface area contributed by atoms with E-state index in [1.807, 2.05) is 38.1 Å². The third kappa shape index (κ3) is 5.26. The van der Waals surface area contributed by atoms with E-state index in [1.165, 1.54) is 5.57 Å². The van der Waals surface area contributed by atoms with Crippen LogP contribution in [-0.2, 0) is 29.1 Å². The minimum atomic E-state index is -3.82. The highest BCUT2D eigenvalue weighted by Gasteiger charge is 2.70. The van der Waals surface area contributed by atoms with Gasteiger partial charge >= 0.3 is 0 Å². The number of ether oxygens (including phenoxy) is 1. The van der Waals surface area contributed by atoms with E-state index in [0.29, 0.717) is 41.5 Å². The van der Waals surface area contributed by atoms with Gasteiger partial charge in [0.1, 0.15) is 5.72 Å². The molecule has 3 saturated carbocycles. The summed E-state index contributed by atoms with van der Waals surface area (Å²) in [6.07, 6.45) is 10.5. The Hall–Kier alpha value is -2.04. The van der Waals surface area contributed by atoms with E-state index < -0.39 is 25.9 Å². The second kappa shape index (κ2) is 12.0. The zero-order valence-electron chi connectivity index (χ0n) is 30.6. The molecule has 2 aliphatic heterocycles. The van der Waals surface area contributed by atoms with Crippen LogP contribution in [0.1, 0.15) is 96.6 Å². The smallest absolute Gasteiger partial charge is 0.297 e. The molecule has 1 spiro atoms. The van der Waals surface area contributed by atoms with Crippen LogP contribution in [0.15, 0.2) is 70.0 Å². The Bertz CT molecular complexity index is 1890. The fourth-order valence-corrected chi connectivity index (χ4v) is 15.2. The Balaban J connectivity index is 1.03. The van der Waals surface area contributed by atoms with Crippen molar-refractivity contribution < 1.29 is 25.8 Å². The van der Waals surface area contributed by atoms with Gasteiger partial charge in [-0.25, -0.2) is 8.42 Å². The molecule has 272 valence electrons. The van der Waals surface area contributed by atoms with Crippen molar-refractivity contribution in [2.45, 2.75) is 127 Å². The first-order chi connectivity index (χ1) is 23.6. The molecule has 8 rings (SSSR count). The van der Waals surface area contributed by atoms with E-state index in [9.17, 15) is 16.8 Å². The minimum absolute atomic E-state index is 0.0432. The second-order valence-corrected chi connectivity index (χ2v) is 21.0. The lowest BCUT2D eigenvalue weighted by atomic mass is 9.47. The van der Waals surface area contributed by atoms with E-state index in [4.69, 9.17) is 8.92 Å². The number of benzene rings is 2. The Labute approximate surface area is 300 Å². The summed E-state index contributed by atoms with van der Waals surface area (Å²) in [5.74, 6) is 2.31. The Morgan fingerprint density at radius 3 is 2.16 bits per heavy atom. The van der Waals surface area contributed by atoms with Gasteiger partial charge in [0, 0.05) is 12.5 Å². The van der Waals surface area contributed by atoms with Gasteiger partial charge in [0.05, 0.1) is 22.0 Å². The zero-order valence-corrected chi connectivity index (χ0v) is 32.2. The maximum atomic E-state index is 14.4. The lowest BCUT2D eigenvalue weighted by Gasteiger charge is -2.59. The summed E-state index contributed by atoms with van der Waals surface area (Å²) in [7, 11) is -7.56. The Kier molecular flexibility index (Phi) is 8.40. The molecule has 2 aromatic carbocycles. The molecule has 0 aromatic heterocycles. The molecule has 5 fully saturated rings. The number of fused-ring (bicyclic) bond motifs is 7. The maximum Gasteiger partial charge on any atom is 0.297 e. The van der Waals surface area contributed by atoms with Crippen LogP contribution in [0.3, 0.4) is 0 Å². The molecule has 7 unspecified atom stereocenters. The van der Waals surface area contributed by atoms with E-state index in [2.05, 4.69) is 33.8 Å². The lowest BCUT2D eigenvalue weighted by Crippen LogP contribution is -2.60. The van der Waals surface area contributed by atoms with Gasteiger partial charge in [-0.3, -0.25) is 4.18 Å². The van der Waals surface area contributed by atoms with Gasteiger partial charge in [-0.15, -0.1) is 0 Å². The minimum Gasteiger partial charge on any atom is -0.356 e. The molecule has 2 aromatic rings. The Morgan fingerprint density at radius 2 is 1.48 bits per heavy atom. The van der Waals surface area contributed by atoms with Gasteiger partial charge in [-0.1, -0.05) is 74.7 Å². The average Bonchev–Trinajstić information content (AvgIpc) is 3.52. The molecule has 6 aliphatic rings. The highest BCUT2D eigenvalue weighted by molar-refractivity contribution is 7.89. The van der Waals surface area contributed by atoms with Crippen molar-refractivity contribution in [3.8, 4) is 0 Å². The Morgan fingerprint density at radius 1 is 0.820 bits per heavy atom. The summed E-state index contributed by atoms with van der Waals surface area (Å²) < 4.78 is 70.0. The first-order valence-corrected chi connectivity index (χ1v) is 21.9. The third-order valence-electron chi connectivity index (χ3n) is 14.8. The predicted octanol–water partition coefficient (Wildman–Crippen LogP) is 8.42. The molecule has 11 atom stereocenters. The number of piperidine rings is 1. The van der Waals surface area contributed by atoms with Gasteiger partial charge in [0.2, 0.25) is 10.0 Å². The molecule has 2 saturated heterocycles. The number of sulfonamides is 1. The standard InChI is InChI=1S/C41H55NO6S2/c1-26-7-12-32(13-8-26)49(43,44)42-25-28(3)17-22-41(42)29(4)38-37(47-41)24-36-34-16-11-30-23-31(48-50(45,46)33-14-9-27(2)10-15-33)18-20-39(30,5)35(34)19-21-40(36,38)6/h7-15,28-29,31,34-38H,16-25H2,1-6H3/t28?,29-,31?,34?,35?,36?,37?,38?,39-,40-,41+/m0/s1. The van der Waals surface area contributed by atoms with Gasteiger partial charge in [0.25, 0.3) is 10.1 Å². The molecule has 7 nitrogen and oxygen atoms in total. The van der Waals surface area contributed by atoms with Gasteiger partial charge < -0.3 is 4.74 Å². The van der Waals surface area contributed by atoms with E-state index in [-0.39, 0.29) is 39.8 Å². The van der Waals surface area contributed by atoms with Crippen molar-refractivity contribution in [2.24, 2.45) is 46.3 Å². The monoisotopic (exact) mass is 721 g/mol. The normalized spacial score (nSPS) is 41.6. The summed E-state index contributed by atoms with van der Waals surface area (Å²) >= 11 is 0. The van der Waals surface area contributed by atoms with Gasteiger partial charge in [-0.2, -0.15) is 12.7 Å². The second-order valence-electron chi connectivity index (χ2n) is 17.6. The lowest BCUT2D eigenvalue weighted by molar-refractivity contribution is -0.161. The number of nitrogens with zero attached hydrogens (tertiary/aromatic N) is 1. The molecular formula is C41H55NO6S2. The summed E-state index contributed by atoms with van der Waals surface area (Å²) in [4.78, 5) is 0.587. The van der Waals surface area contributed by atoms with E-state index >= 15 is 0 Å². The highest BCUT2D eigenvalue weighted by Crippen LogP contribution is 2.71. The van der Waals surface area contributed by atoms with Crippen molar-refractivity contribution in [2.75, 3.05) is 6.54 Å². The van der Waals surface area contributed by atoms with Crippen molar-refractivity contribution in [3.05, 3.63) is 71.3 Å². The molecule has 4 aliphatic carbocycles. The van der Waals surface area contributed by atoms with Crippen LogP contribution >= 0.6 is 0 Å². The topological polar surface area (TPSA) is 90.0 Å². The molecule has 0 bridgehead atoms. The maximum absolute atomic E-state index is 14.4. The van der Waals surface area contributed by atoms with Crippen molar-refractivity contribution in [1.29, 1.82) is 0 Å². The zero-order chi connectivity index (χ0) is 35.4. The van der Waals surface area contributed by atoms with Crippen LogP contribution in [-0.4, -0.2) is 45.6 Å². The van der Waals surface area contributed by atoms with Crippen molar-refractivity contribution in [3.63, 3.8) is 0 Å². The van der Waals surface area contributed by atoms with Gasteiger partial charge in [-0.05, 0) is 136 Å². The van der Waals surface area contributed by atoms with Gasteiger partial charge in [0.15, 0.2) is 0 Å². The predicted molar refractivity (Wildman–Crippen MR) is 194 cm³/mol. The number of hydrogen-bond acceptors (Lipinski definition) is 6. The van der Waals surface area contributed by atoms with Crippen molar-refractivity contribution in [1.82, 2.24) is 4.31 Å². The van der Waals surface area contributed by atoms with Crippen LogP contribution in [0.2, 0.25) is 0 Å². The van der Waals surface area contributed by atoms with E-state index in [0.717, 1.165) is 62.5 Å². The first-order valence-electron chi connectivity index (χ1n) is 19.1. The number of rotatable bonds is 5. The third-order valence-corrected chi connectivity index (χ3v) is 18.1. The molecule has 2 heterocycles. The molecular weight excluding hydrogens is 667 g/mol. The summed E-state index contributed by atoms with van der Waals surface area (Å²) in [5, 5.41) is 0. The van der Waals surface area contributed by atoms with E-state index in [1.54, 1.807) is 28.6 Å². The number of aryl methyl sites for hydroxylation is 2. The summed E-state index contributed by atoms with van der Waals surface area (Å²) in [6, 6.07) is 14.2. The largest absolute Gasteiger partial charge is 0.356 e. The van der Waals surface area contributed by atoms with Crippen molar-refractivity contribution >= 4 is 20.1 Å². The van der Waals surface area contributed by atoms with Crippen LogP contribution in [0, 0.1) is 60.2 Å². The molecule has 9 heteroatoms. The molecule has 50 heavy (non-hydrogen) atoms. The first kappa shape index (κ1) is 35.0. The quantitative estimate of drug-likeness (QED) is 0.228. The number of hydrogen-bond donors (Lipinski definition) is 0. The molecule has 0 radical (unpaired) electrons. The highest BCUT2D eigenvalue weighted by atomic mass is 32.2. The van der Waals surface area contributed by atoms with Crippen LogP contribution in [0.25, 0.3) is 0 Å². The molecule has 0 amide bonds. The molecule has 0 N–H and O–H groups in total. The van der Waals surface area contributed by atoms with Crippen LogP contribution in [0.4, 0.5) is 0 Å².